The summed E-state index contributed by atoms with van der Waals surface area (Å²) >= 11 is 0. The van der Waals surface area contributed by atoms with E-state index < -0.39 is 9.84 Å². The van der Waals surface area contributed by atoms with Gasteiger partial charge in [0.1, 0.15) is 10.7 Å². The number of sulfone groups is 1. The van der Waals surface area contributed by atoms with Crippen LogP contribution in [0.5, 0.6) is 0 Å². The van der Waals surface area contributed by atoms with Crippen LogP contribution in [0.4, 0.5) is 0 Å². The summed E-state index contributed by atoms with van der Waals surface area (Å²) in [5.74, 6) is 0.557. The molecular formula is C15H18O3S. The van der Waals surface area contributed by atoms with Crippen LogP contribution >= 0.6 is 0 Å². The van der Waals surface area contributed by atoms with Gasteiger partial charge in [0.05, 0.1) is 11.2 Å². The van der Waals surface area contributed by atoms with Gasteiger partial charge in [0.25, 0.3) is 0 Å². The van der Waals surface area contributed by atoms with Gasteiger partial charge in [0, 0.05) is 11.5 Å². The molecule has 0 N–H and O–H groups in total. The highest BCUT2D eigenvalue weighted by Crippen LogP contribution is 2.32. The van der Waals surface area contributed by atoms with E-state index in [9.17, 15) is 8.42 Å². The maximum absolute atomic E-state index is 12.7. The molecule has 0 bridgehead atoms. The fraction of sp³-hybridized carbons (Fsp3) is 0.333. The predicted molar refractivity (Wildman–Crippen MR) is 74.2 cm³/mol. The van der Waals surface area contributed by atoms with Crippen molar-refractivity contribution in [2.24, 2.45) is 0 Å². The van der Waals surface area contributed by atoms with Gasteiger partial charge in [-0.3, -0.25) is 0 Å². The van der Waals surface area contributed by atoms with Crippen molar-refractivity contribution in [2.45, 2.75) is 43.4 Å². The van der Waals surface area contributed by atoms with Gasteiger partial charge >= 0.3 is 0 Å². The lowest BCUT2D eigenvalue weighted by molar-refractivity contribution is 0.474. The summed E-state index contributed by atoms with van der Waals surface area (Å²) in [6.45, 7) is 7.54. The maximum atomic E-state index is 12.7. The molecule has 0 unspecified atom stereocenters. The Morgan fingerprint density at radius 2 is 1.63 bits per heavy atom. The number of hydrogen-bond acceptors (Lipinski definition) is 3. The second kappa shape index (κ2) is 4.85. The summed E-state index contributed by atoms with van der Waals surface area (Å²) in [7, 11) is -3.51. The number of benzene rings is 1. The standard InChI is InChI=1S/C15H18O3S/c1-10(2)14-15(12(4)9-18-14)19(16,17)13-7-5-11(3)6-8-13/h5-10H,1-4H3. The van der Waals surface area contributed by atoms with Crippen LogP contribution in [0, 0.1) is 13.8 Å². The molecule has 4 heteroatoms. The maximum Gasteiger partial charge on any atom is 0.210 e. The van der Waals surface area contributed by atoms with Gasteiger partial charge < -0.3 is 4.42 Å². The lowest BCUT2D eigenvalue weighted by Gasteiger charge is -2.08. The van der Waals surface area contributed by atoms with E-state index >= 15 is 0 Å². The van der Waals surface area contributed by atoms with E-state index in [-0.39, 0.29) is 5.92 Å². The van der Waals surface area contributed by atoms with Crippen molar-refractivity contribution < 1.29 is 12.8 Å². The van der Waals surface area contributed by atoms with E-state index in [1.807, 2.05) is 20.8 Å². The number of furan rings is 1. The molecule has 0 saturated heterocycles. The highest BCUT2D eigenvalue weighted by Gasteiger charge is 2.27. The normalized spacial score (nSPS) is 12.1. The molecule has 0 atom stereocenters. The number of aryl methyl sites for hydroxylation is 2. The lowest BCUT2D eigenvalue weighted by Crippen LogP contribution is -2.06. The molecule has 19 heavy (non-hydrogen) atoms. The molecular weight excluding hydrogens is 260 g/mol. The third-order valence-electron chi connectivity index (χ3n) is 3.07. The zero-order valence-electron chi connectivity index (χ0n) is 11.6. The third-order valence-corrected chi connectivity index (χ3v) is 5.02. The first-order valence-corrected chi connectivity index (χ1v) is 7.72. The van der Waals surface area contributed by atoms with Gasteiger partial charge in [-0.1, -0.05) is 31.5 Å². The van der Waals surface area contributed by atoms with E-state index in [0.29, 0.717) is 21.1 Å². The minimum absolute atomic E-state index is 0.0314. The molecule has 2 rings (SSSR count). The van der Waals surface area contributed by atoms with Crippen LogP contribution in [0.15, 0.2) is 44.7 Å². The van der Waals surface area contributed by atoms with Crippen molar-refractivity contribution in [3.8, 4) is 0 Å². The van der Waals surface area contributed by atoms with Crippen LogP contribution in [-0.4, -0.2) is 8.42 Å². The zero-order chi connectivity index (χ0) is 14.2. The molecule has 2 aromatic rings. The molecule has 1 heterocycles. The van der Waals surface area contributed by atoms with Crippen molar-refractivity contribution in [3.05, 3.63) is 47.4 Å². The Balaban J connectivity index is 2.63. The van der Waals surface area contributed by atoms with Gasteiger partial charge in [-0.25, -0.2) is 8.42 Å². The molecule has 0 amide bonds. The van der Waals surface area contributed by atoms with Gasteiger partial charge in [0.2, 0.25) is 9.84 Å². The second-order valence-electron chi connectivity index (χ2n) is 5.08. The fourth-order valence-corrected chi connectivity index (χ4v) is 3.78. The summed E-state index contributed by atoms with van der Waals surface area (Å²) in [5, 5.41) is 0. The van der Waals surface area contributed by atoms with Crippen molar-refractivity contribution >= 4 is 9.84 Å². The van der Waals surface area contributed by atoms with Crippen LogP contribution in [0.1, 0.15) is 36.7 Å². The monoisotopic (exact) mass is 278 g/mol. The summed E-state index contributed by atoms with van der Waals surface area (Å²) in [4.78, 5) is 0.621. The Morgan fingerprint density at radius 3 is 2.16 bits per heavy atom. The number of rotatable bonds is 3. The zero-order valence-corrected chi connectivity index (χ0v) is 12.4. The first kappa shape index (κ1) is 13.9. The smallest absolute Gasteiger partial charge is 0.210 e. The van der Waals surface area contributed by atoms with E-state index in [2.05, 4.69) is 0 Å². The summed E-state index contributed by atoms with van der Waals surface area (Å²) < 4.78 is 30.8. The molecule has 102 valence electrons. The van der Waals surface area contributed by atoms with Gasteiger partial charge in [0.15, 0.2) is 0 Å². The average Bonchev–Trinajstić information content (AvgIpc) is 2.72. The van der Waals surface area contributed by atoms with Crippen LogP contribution in [0.3, 0.4) is 0 Å². The molecule has 3 nitrogen and oxygen atoms in total. The predicted octanol–water partition coefficient (Wildman–Crippen LogP) is 3.85. The third kappa shape index (κ3) is 2.45. The first-order chi connectivity index (χ1) is 8.84. The molecule has 0 aliphatic carbocycles. The van der Waals surface area contributed by atoms with Crippen LogP contribution in [-0.2, 0) is 9.84 Å². The topological polar surface area (TPSA) is 47.3 Å². The summed E-state index contributed by atoms with van der Waals surface area (Å²) in [5.41, 5.74) is 1.69. The summed E-state index contributed by atoms with van der Waals surface area (Å²) in [6, 6.07) is 6.89. The Kier molecular flexibility index (Phi) is 3.54. The van der Waals surface area contributed by atoms with E-state index in [0.717, 1.165) is 5.56 Å². The SMILES string of the molecule is Cc1ccc(S(=O)(=O)c2c(C)coc2C(C)C)cc1. The molecule has 0 spiro atoms. The van der Waals surface area contributed by atoms with Gasteiger partial charge in [-0.05, 0) is 26.0 Å². The average molecular weight is 278 g/mol. The summed E-state index contributed by atoms with van der Waals surface area (Å²) in [6.07, 6.45) is 1.51. The Morgan fingerprint density at radius 1 is 1.05 bits per heavy atom. The molecule has 0 fully saturated rings. The van der Waals surface area contributed by atoms with E-state index in [1.54, 1.807) is 31.2 Å². The van der Waals surface area contributed by atoms with Crippen molar-refractivity contribution in [1.29, 1.82) is 0 Å². The van der Waals surface area contributed by atoms with Crippen molar-refractivity contribution in [2.75, 3.05) is 0 Å². The van der Waals surface area contributed by atoms with Crippen LogP contribution < -0.4 is 0 Å². The first-order valence-electron chi connectivity index (χ1n) is 6.23. The number of hydrogen-bond donors (Lipinski definition) is 0. The Hall–Kier alpha value is -1.55. The highest BCUT2D eigenvalue weighted by molar-refractivity contribution is 7.91. The fourth-order valence-electron chi connectivity index (χ4n) is 2.03. The largest absolute Gasteiger partial charge is 0.467 e. The lowest BCUT2D eigenvalue weighted by atomic mass is 10.1. The van der Waals surface area contributed by atoms with Crippen molar-refractivity contribution in [1.82, 2.24) is 0 Å². The van der Waals surface area contributed by atoms with Gasteiger partial charge in [-0.2, -0.15) is 0 Å². The molecule has 0 radical (unpaired) electrons. The molecule has 0 aliphatic rings. The second-order valence-corrected chi connectivity index (χ2v) is 6.97. The Labute approximate surface area is 114 Å². The van der Waals surface area contributed by atoms with Crippen molar-refractivity contribution in [3.63, 3.8) is 0 Å². The molecule has 1 aromatic heterocycles. The highest BCUT2D eigenvalue weighted by atomic mass is 32.2. The molecule has 0 aliphatic heterocycles. The minimum Gasteiger partial charge on any atom is -0.467 e. The van der Waals surface area contributed by atoms with Gasteiger partial charge in [-0.15, -0.1) is 0 Å². The Bertz CT molecular complexity index is 677. The quantitative estimate of drug-likeness (QED) is 0.856. The van der Waals surface area contributed by atoms with E-state index in [4.69, 9.17) is 4.42 Å². The minimum atomic E-state index is -3.51. The van der Waals surface area contributed by atoms with E-state index in [1.165, 1.54) is 6.26 Å². The molecule has 0 saturated carbocycles. The van der Waals surface area contributed by atoms with Crippen LogP contribution in [0.25, 0.3) is 0 Å². The van der Waals surface area contributed by atoms with Crippen LogP contribution in [0.2, 0.25) is 0 Å². The molecule has 1 aromatic carbocycles.